The summed E-state index contributed by atoms with van der Waals surface area (Å²) in [6.45, 7) is 8.38. The quantitative estimate of drug-likeness (QED) is 0.310. The van der Waals surface area contributed by atoms with Crippen molar-refractivity contribution in [2.75, 3.05) is 0 Å². The Labute approximate surface area is 186 Å². The number of carboxylic acids is 1. The number of carbonyl (C=O) groups is 2. The molecule has 0 unspecified atom stereocenters. The molecule has 26 heavy (non-hydrogen) atoms. The van der Waals surface area contributed by atoms with Crippen molar-refractivity contribution in [3.8, 4) is 0 Å². The van der Waals surface area contributed by atoms with Crippen molar-refractivity contribution >= 4 is 75.6 Å². The fourth-order valence-corrected chi connectivity index (χ4v) is 6.20. The van der Waals surface area contributed by atoms with Gasteiger partial charge >= 0.3 is 5.97 Å². The van der Waals surface area contributed by atoms with E-state index in [4.69, 9.17) is 0 Å². The van der Waals surface area contributed by atoms with E-state index >= 15 is 0 Å². The van der Waals surface area contributed by atoms with Gasteiger partial charge < -0.3 is 15.7 Å². The van der Waals surface area contributed by atoms with Crippen LogP contribution in [0.15, 0.2) is 17.9 Å². The van der Waals surface area contributed by atoms with E-state index in [0.29, 0.717) is 17.9 Å². The van der Waals surface area contributed by atoms with Crippen LogP contribution in [0.5, 0.6) is 0 Å². The first-order chi connectivity index (χ1) is 11.8. The first-order valence-corrected chi connectivity index (χ1v) is 11.1. The summed E-state index contributed by atoms with van der Waals surface area (Å²) >= 11 is 13.4. The molecule has 0 aromatic heterocycles. The molecule has 0 saturated carbocycles. The van der Waals surface area contributed by atoms with Crippen molar-refractivity contribution in [2.24, 2.45) is 0 Å². The number of rotatable bonds is 3. The molecule has 0 bridgehead atoms. The Bertz CT molecular complexity index is 762. The number of benzene rings is 1. The molecular weight excluding hydrogens is 600 g/mol. The van der Waals surface area contributed by atoms with E-state index in [1.807, 2.05) is 0 Å². The van der Waals surface area contributed by atoms with Crippen molar-refractivity contribution in [2.45, 2.75) is 57.7 Å². The summed E-state index contributed by atoms with van der Waals surface area (Å²) in [6, 6.07) is -0.0662. The van der Waals surface area contributed by atoms with Crippen LogP contribution >= 0.6 is 63.7 Å². The maximum absolute atomic E-state index is 13.0. The summed E-state index contributed by atoms with van der Waals surface area (Å²) in [5.41, 5.74) is -0.258. The van der Waals surface area contributed by atoms with Gasteiger partial charge in [-0.2, -0.15) is 0 Å². The van der Waals surface area contributed by atoms with Crippen LogP contribution < -0.4 is 10.6 Å². The standard InChI is InChI=1S/C17H20Br4N2O3/c1-16(2)5-7(6-17(3,4)23-16)22-14(24)8-9(15(25)26)11(19)13(21)12(20)10(8)18/h7,23H,5-6H2,1-4H3,(H,22,24)(H,25,26). The SMILES string of the molecule is CC1(C)CC(NC(=O)c2c(Br)c(Br)c(Br)c(Br)c2C(=O)O)CC(C)(C)N1. The van der Waals surface area contributed by atoms with Crippen LogP contribution in [0.3, 0.4) is 0 Å². The van der Waals surface area contributed by atoms with Gasteiger partial charge in [-0.3, -0.25) is 4.79 Å². The van der Waals surface area contributed by atoms with E-state index in [1.165, 1.54) is 0 Å². The second-order valence-electron chi connectivity index (χ2n) is 7.78. The Morgan fingerprint density at radius 1 is 0.923 bits per heavy atom. The van der Waals surface area contributed by atoms with Gasteiger partial charge in [0, 0.05) is 35.0 Å². The second kappa shape index (κ2) is 7.81. The second-order valence-corrected chi connectivity index (χ2v) is 11.0. The Kier molecular flexibility index (Phi) is 6.71. The lowest BCUT2D eigenvalue weighted by atomic mass is 9.79. The van der Waals surface area contributed by atoms with E-state index < -0.39 is 11.9 Å². The number of hydrogen-bond acceptors (Lipinski definition) is 3. The minimum absolute atomic E-state index is 0.0662. The molecule has 0 atom stereocenters. The average molecular weight is 620 g/mol. The number of carboxylic acid groups (broad SMARTS) is 1. The van der Waals surface area contributed by atoms with E-state index in [-0.39, 0.29) is 28.2 Å². The Morgan fingerprint density at radius 3 is 1.77 bits per heavy atom. The zero-order chi connectivity index (χ0) is 20.0. The van der Waals surface area contributed by atoms with Crippen LogP contribution in [0.4, 0.5) is 0 Å². The number of hydrogen-bond donors (Lipinski definition) is 3. The van der Waals surface area contributed by atoms with Crippen molar-refractivity contribution in [3.63, 3.8) is 0 Å². The Hall–Kier alpha value is 0.0400. The lowest BCUT2D eigenvalue weighted by Crippen LogP contribution is -2.62. The molecule has 5 nitrogen and oxygen atoms in total. The predicted molar refractivity (Wildman–Crippen MR) is 116 cm³/mol. The first-order valence-electron chi connectivity index (χ1n) is 7.95. The Morgan fingerprint density at radius 2 is 1.35 bits per heavy atom. The number of amides is 1. The number of nitrogens with one attached hydrogen (secondary N) is 2. The van der Waals surface area contributed by atoms with Crippen LogP contribution in [0, 0.1) is 0 Å². The zero-order valence-corrected chi connectivity index (χ0v) is 21.1. The summed E-state index contributed by atoms with van der Waals surface area (Å²) in [5, 5.41) is 16.2. The molecule has 1 aliphatic rings. The predicted octanol–water partition coefficient (Wildman–Crippen LogP) is 5.47. The number of piperidine rings is 1. The van der Waals surface area contributed by atoms with Crippen LogP contribution in [0.1, 0.15) is 61.3 Å². The normalized spacial score (nSPS) is 19.2. The summed E-state index contributed by atoms with van der Waals surface area (Å²) < 4.78 is 1.82. The minimum Gasteiger partial charge on any atom is -0.478 e. The summed E-state index contributed by atoms with van der Waals surface area (Å²) in [4.78, 5) is 24.8. The third-order valence-electron chi connectivity index (χ3n) is 4.23. The van der Waals surface area contributed by atoms with Gasteiger partial charge in [-0.1, -0.05) is 0 Å². The highest BCUT2D eigenvalue weighted by atomic mass is 79.9. The lowest BCUT2D eigenvalue weighted by molar-refractivity contribution is 0.0686. The van der Waals surface area contributed by atoms with Crippen molar-refractivity contribution in [1.29, 1.82) is 0 Å². The molecule has 0 spiro atoms. The molecule has 1 aliphatic heterocycles. The zero-order valence-electron chi connectivity index (χ0n) is 14.8. The maximum Gasteiger partial charge on any atom is 0.337 e. The van der Waals surface area contributed by atoms with Crippen LogP contribution in [-0.4, -0.2) is 34.1 Å². The highest BCUT2D eigenvalue weighted by Crippen LogP contribution is 2.42. The largest absolute Gasteiger partial charge is 0.478 e. The average Bonchev–Trinajstić information content (AvgIpc) is 2.44. The van der Waals surface area contributed by atoms with Crippen molar-refractivity contribution in [3.05, 3.63) is 29.0 Å². The van der Waals surface area contributed by atoms with Crippen molar-refractivity contribution in [1.82, 2.24) is 10.6 Å². The lowest BCUT2D eigenvalue weighted by Gasteiger charge is -2.46. The number of aromatic carboxylic acids is 1. The summed E-state index contributed by atoms with van der Waals surface area (Å²) in [6.07, 6.45) is 1.50. The third-order valence-corrected chi connectivity index (χ3v) is 9.00. The molecule has 1 aromatic rings. The minimum atomic E-state index is -1.18. The van der Waals surface area contributed by atoms with Crippen LogP contribution in [0.25, 0.3) is 0 Å². The van der Waals surface area contributed by atoms with Gasteiger partial charge in [-0.05, 0) is 104 Å². The van der Waals surface area contributed by atoms with E-state index in [0.717, 1.165) is 12.8 Å². The van der Waals surface area contributed by atoms with Gasteiger partial charge in [0.2, 0.25) is 0 Å². The van der Waals surface area contributed by atoms with Gasteiger partial charge in [0.25, 0.3) is 5.91 Å². The fourth-order valence-electron chi connectivity index (χ4n) is 3.73. The molecule has 1 heterocycles. The number of halogens is 4. The van der Waals surface area contributed by atoms with E-state index in [1.54, 1.807) is 0 Å². The van der Waals surface area contributed by atoms with Crippen molar-refractivity contribution < 1.29 is 14.7 Å². The molecule has 0 radical (unpaired) electrons. The molecule has 3 N–H and O–H groups in total. The van der Waals surface area contributed by atoms with Crippen LogP contribution in [-0.2, 0) is 0 Å². The first kappa shape index (κ1) is 22.3. The molecule has 1 aromatic carbocycles. The van der Waals surface area contributed by atoms with Gasteiger partial charge in [-0.15, -0.1) is 0 Å². The molecule has 0 aliphatic carbocycles. The highest BCUT2D eigenvalue weighted by molar-refractivity contribution is 9.15. The van der Waals surface area contributed by atoms with Gasteiger partial charge in [-0.25, -0.2) is 4.79 Å². The molecule has 1 saturated heterocycles. The fraction of sp³-hybridized carbons (Fsp3) is 0.529. The molecule has 144 valence electrons. The summed E-state index contributed by atoms with van der Waals surface area (Å²) in [5.74, 6) is -1.59. The molecule has 1 fully saturated rings. The maximum atomic E-state index is 13.0. The van der Waals surface area contributed by atoms with Crippen LogP contribution in [0.2, 0.25) is 0 Å². The third kappa shape index (κ3) is 4.71. The van der Waals surface area contributed by atoms with Gasteiger partial charge in [0.1, 0.15) is 0 Å². The molecular formula is C17H20Br4N2O3. The highest BCUT2D eigenvalue weighted by Gasteiger charge is 2.39. The van der Waals surface area contributed by atoms with Gasteiger partial charge in [0.15, 0.2) is 0 Å². The molecule has 9 heteroatoms. The molecule has 2 rings (SSSR count). The smallest absolute Gasteiger partial charge is 0.337 e. The Balaban J connectivity index is 2.43. The molecule has 1 amide bonds. The van der Waals surface area contributed by atoms with Gasteiger partial charge in [0.05, 0.1) is 11.1 Å². The summed E-state index contributed by atoms with van der Waals surface area (Å²) in [7, 11) is 0. The number of carbonyl (C=O) groups excluding carboxylic acids is 1. The monoisotopic (exact) mass is 616 g/mol. The van der Waals surface area contributed by atoms with E-state index in [2.05, 4.69) is 102 Å². The topological polar surface area (TPSA) is 78.4 Å². The van der Waals surface area contributed by atoms with E-state index in [9.17, 15) is 14.7 Å².